The Morgan fingerprint density at radius 1 is 1.26 bits per heavy atom. The number of aryl methyl sites for hydroxylation is 2. The van der Waals surface area contributed by atoms with Crippen LogP contribution in [0.5, 0.6) is 0 Å². The zero-order valence-corrected chi connectivity index (χ0v) is 19.4. The maximum absolute atomic E-state index is 13.2. The third-order valence-corrected chi connectivity index (χ3v) is 4.48. The van der Waals surface area contributed by atoms with E-state index in [-0.39, 0.29) is 17.9 Å². The fraction of sp³-hybridized carbons (Fsp3) is 0.385. The molecule has 1 unspecified atom stereocenters. The highest BCUT2D eigenvalue weighted by molar-refractivity contribution is 5.72. The Labute approximate surface area is 185 Å². The van der Waals surface area contributed by atoms with Gasteiger partial charge in [-0.2, -0.15) is 5.10 Å². The van der Waals surface area contributed by atoms with Crippen LogP contribution in [0.3, 0.4) is 0 Å². The van der Waals surface area contributed by atoms with Gasteiger partial charge in [0.05, 0.1) is 5.69 Å². The van der Waals surface area contributed by atoms with Crippen LogP contribution < -0.4 is 0 Å². The number of nitrogens with zero attached hydrogens (tertiary/aromatic N) is 1. The molecular weight excluding hydrogens is 391 g/mol. The van der Waals surface area contributed by atoms with Gasteiger partial charge >= 0.3 is 5.97 Å². The second-order valence-corrected chi connectivity index (χ2v) is 7.32. The first-order chi connectivity index (χ1) is 14.9. The second-order valence-electron chi connectivity index (χ2n) is 7.32. The van der Waals surface area contributed by atoms with Crippen LogP contribution in [0.4, 0.5) is 4.39 Å². The normalized spacial score (nSPS) is 12.3. The summed E-state index contributed by atoms with van der Waals surface area (Å²) in [7, 11) is 0. The van der Waals surface area contributed by atoms with E-state index in [9.17, 15) is 9.18 Å². The van der Waals surface area contributed by atoms with Crippen molar-refractivity contribution in [1.82, 2.24) is 10.2 Å². The Morgan fingerprint density at radius 3 is 2.52 bits per heavy atom. The average molecular weight is 427 g/mol. The van der Waals surface area contributed by atoms with E-state index in [1.54, 1.807) is 25.1 Å². The van der Waals surface area contributed by atoms with Crippen molar-refractivity contribution in [2.75, 3.05) is 0 Å². The average Bonchev–Trinajstić information content (AvgIpc) is 3.16. The van der Waals surface area contributed by atoms with Crippen molar-refractivity contribution < 1.29 is 13.9 Å². The molecule has 31 heavy (non-hydrogen) atoms. The molecule has 0 aliphatic heterocycles. The Balaban J connectivity index is 0.000000327. The Morgan fingerprint density at radius 2 is 2.00 bits per heavy atom. The van der Waals surface area contributed by atoms with Gasteiger partial charge in [-0.25, -0.2) is 4.39 Å². The van der Waals surface area contributed by atoms with Crippen LogP contribution >= 0.6 is 0 Å². The molecule has 0 amide bonds. The standard InChI is InChI=1S/C15H21FO2.C11H14N2/c1-4-6-14(18-15(17)7-5-2)12-8-9-13(16)11(3)10-12;1-4-6-10(7-5-2)11-8-9(3)12-13-11/h8-10,14H,4-7H2,1-3H3;4-8H,1H2,2-3H3,(H,12,13)/b;7-5-,10-6+. The van der Waals surface area contributed by atoms with Gasteiger partial charge in [0.15, 0.2) is 0 Å². The monoisotopic (exact) mass is 426 g/mol. The first-order valence-electron chi connectivity index (χ1n) is 10.8. The number of esters is 1. The number of rotatable bonds is 9. The van der Waals surface area contributed by atoms with Gasteiger partial charge in [-0.1, -0.05) is 57.2 Å². The molecule has 2 rings (SSSR count). The Bertz CT molecular complexity index is 897. The third kappa shape index (κ3) is 9.16. The summed E-state index contributed by atoms with van der Waals surface area (Å²) in [6, 6.07) is 6.90. The van der Waals surface area contributed by atoms with Gasteiger partial charge in [-0.05, 0) is 62.9 Å². The van der Waals surface area contributed by atoms with Crippen LogP contribution in [0.1, 0.15) is 75.1 Å². The lowest BCUT2D eigenvalue weighted by molar-refractivity contribution is -0.149. The van der Waals surface area contributed by atoms with Crippen molar-refractivity contribution in [3.05, 3.63) is 83.5 Å². The van der Waals surface area contributed by atoms with Crippen molar-refractivity contribution >= 4 is 11.5 Å². The zero-order valence-electron chi connectivity index (χ0n) is 19.4. The Kier molecular flexibility index (Phi) is 11.9. The van der Waals surface area contributed by atoms with E-state index in [4.69, 9.17) is 4.74 Å². The number of ether oxygens (including phenoxy) is 1. The molecule has 0 radical (unpaired) electrons. The van der Waals surface area contributed by atoms with E-state index in [1.807, 2.05) is 52.0 Å². The number of carbonyl (C=O) groups is 1. The zero-order chi connectivity index (χ0) is 23.2. The number of hydrogen-bond acceptors (Lipinski definition) is 3. The summed E-state index contributed by atoms with van der Waals surface area (Å²) in [6.45, 7) is 13.3. The molecule has 0 saturated heterocycles. The number of aromatic amines is 1. The molecule has 0 saturated carbocycles. The quantitative estimate of drug-likeness (QED) is 0.341. The summed E-state index contributed by atoms with van der Waals surface area (Å²) in [5.41, 5.74) is 4.55. The van der Waals surface area contributed by atoms with E-state index in [0.717, 1.165) is 41.8 Å². The molecule has 1 atom stereocenters. The van der Waals surface area contributed by atoms with E-state index in [2.05, 4.69) is 16.8 Å². The smallest absolute Gasteiger partial charge is 0.306 e. The van der Waals surface area contributed by atoms with E-state index < -0.39 is 0 Å². The fourth-order valence-corrected chi connectivity index (χ4v) is 2.94. The summed E-state index contributed by atoms with van der Waals surface area (Å²) in [4.78, 5) is 11.6. The lowest BCUT2D eigenvalue weighted by atomic mass is 10.0. The number of halogens is 1. The number of carbonyl (C=O) groups excluding carboxylic acids is 1. The molecule has 0 aliphatic rings. The summed E-state index contributed by atoms with van der Waals surface area (Å²) >= 11 is 0. The van der Waals surface area contributed by atoms with E-state index in [1.165, 1.54) is 6.07 Å². The maximum Gasteiger partial charge on any atom is 0.306 e. The molecule has 1 aromatic heterocycles. The number of allylic oxidation sites excluding steroid dienone is 5. The van der Waals surface area contributed by atoms with Crippen LogP contribution in [-0.2, 0) is 9.53 Å². The highest BCUT2D eigenvalue weighted by Gasteiger charge is 2.16. The summed E-state index contributed by atoms with van der Waals surface area (Å²) in [6.07, 6.45) is 10.3. The summed E-state index contributed by atoms with van der Waals surface area (Å²) < 4.78 is 18.7. The van der Waals surface area contributed by atoms with E-state index in [0.29, 0.717) is 12.0 Å². The van der Waals surface area contributed by atoms with Gasteiger partial charge in [-0.15, -0.1) is 0 Å². The molecule has 5 heteroatoms. The minimum Gasteiger partial charge on any atom is -0.457 e. The molecule has 168 valence electrons. The molecular formula is C26H35FN2O2. The predicted octanol–water partition coefficient (Wildman–Crippen LogP) is 7.18. The highest BCUT2D eigenvalue weighted by atomic mass is 19.1. The van der Waals surface area contributed by atoms with Crippen molar-refractivity contribution in [1.29, 1.82) is 0 Å². The van der Waals surface area contributed by atoms with Crippen molar-refractivity contribution in [3.8, 4) is 0 Å². The first-order valence-corrected chi connectivity index (χ1v) is 10.8. The second kappa shape index (κ2) is 14.1. The predicted molar refractivity (Wildman–Crippen MR) is 126 cm³/mol. The van der Waals surface area contributed by atoms with Crippen LogP contribution in [0.25, 0.3) is 5.57 Å². The van der Waals surface area contributed by atoms with Gasteiger partial charge in [0.25, 0.3) is 0 Å². The molecule has 0 fully saturated rings. The number of aromatic nitrogens is 2. The summed E-state index contributed by atoms with van der Waals surface area (Å²) in [5.74, 6) is -0.410. The highest BCUT2D eigenvalue weighted by Crippen LogP contribution is 2.25. The molecule has 1 aromatic carbocycles. The van der Waals surface area contributed by atoms with Gasteiger partial charge < -0.3 is 4.74 Å². The number of benzene rings is 1. The minimum absolute atomic E-state index is 0.182. The number of nitrogens with one attached hydrogen (secondary N) is 1. The minimum atomic E-state index is -0.256. The maximum atomic E-state index is 13.2. The Hall–Kier alpha value is -2.95. The van der Waals surface area contributed by atoms with Crippen molar-refractivity contribution in [3.63, 3.8) is 0 Å². The first kappa shape index (κ1) is 26.1. The largest absolute Gasteiger partial charge is 0.457 e. The molecule has 2 aromatic rings. The molecule has 0 spiro atoms. The third-order valence-electron chi connectivity index (χ3n) is 4.48. The van der Waals surface area contributed by atoms with Crippen molar-refractivity contribution in [2.45, 2.75) is 66.4 Å². The number of H-pyrrole nitrogens is 1. The van der Waals surface area contributed by atoms with Crippen molar-refractivity contribution in [2.24, 2.45) is 0 Å². The van der Waals surface area contributed by atoms with Crippen LogP contribution in [0, 0.1) is 19.7 Å². The summed E-state index contributed by atoms with van der Waals surface area (Å²) in [5, 5.41) is 7.07. The lowest BCUT2D eigenvalue weighted by Gasteiger charge is -2.18. The van der Waals surface area contributed by atoms with Crippen LogP contribution in [-0.4, -0.2) is 16.2 Å². The SMILES string of the molecule is C=C/C=C(\C=C/C)c1cc(C)[nH]n1.CCCC(=O)OC(CCC)c1ccc(F)c(C)c1. The lowest BCUT2D eigenvalue weighted by Crippen LogP contribution is -2.11. The molecule has 1 heterocycles. The van der Waals surface area contributed by atoms with Gasteiger partial charge in [-0.3, -0.25) is 9.89 Å². The molecule has 1 N–H and O–H groups in total. The topological polar surface area (TPSA) is 55.0 Å². The van der Waals surface area contributed by atoms with Crippen LogP contribution in [0.15, 0.2) is 55.1 Å². The number of hydrogen-bond donors (Lipinski definition) is 1. The molecule has 4 nitrogen and oxygen atoms in total. The molecule has 0 aliphatic carbocycles. The van der Waals surface area contributed by atoms with Gasteiger partial charge in [0.2, 0.25) is 0 Å². The fourth-order valence-electron chi connectivity index (χ4n) is 2.94. The van der Waals surface area contributed by atoms with Crippen LogP contribution in [0.2, 0.25) is 0 Å². The van der Waals surface area contributed by atoms with Gasteiger partial charge in [0, 0.05) is 17.7 Å². The van der Waals surface area contributed by atoms with Gasteiger partial charge in [0.1, 0.15) is 11.9 Å². The molecule has 0 bridgehead atoms. The van der Waals surface area contributed by atoms with E-state index >= 15 is 0 Å².